The quantitative estimate of drug-likeness (QED) is 0.762. The van der Waals surface area contributed by atoms with Crippen LogP contribution in [-0.4, -0.2) is 6.61 Å². The summed E-state index contributed by atoms with van der Waals surface area (Å²) in [7, 11) is 0. The van der Waals surface area contributed by atoms with Gasteiger partial charge in [0.1, 0.15) is 5.75 Å². The van der Waals surface area contributed by atoms with Gasteiger partial charge >= 0.3 is 0 Å². The maximum absolute atomic E-state index is 5.81. The van der Waals surface area contributed by atoms with Crippen molar-refractivity contribution in [2.75, 3.05) is 6.61 Å². The third-order valence-electron chi connectivity index (χ3n) is 3.60. The van der Waals surface area contributed by atoms with E-state index in [1.165, 1.54) is 16.7 Å². The standard InChI is InChI=1S/C20H27NO/c1-16(2)10-11-22-20-9-5-8-19(13-20)15-21-14-18-7-4-6-17(3)12-18/h4-9,12-13,16,21H,10-11,14-15H2,1-3H3. The highest BCUT2D eigenvalue weighted by Crippen LogP contribution is 2.14. The summed E-state index contributed by atoms with van der Waals surface area (Å²) in [5, 5.41) is 3.49. The lowest BCUT2D eigenvalue weighted by Crippen LogP contribution is -2.12. The van der Waals surface area contributed by atoms with Gasteiger partial charge in [-0.25, -0.2) is 0 Å². The van der Waals surface area contributed by atoms with Gasteiger partial charge in [-0.05, 0) is 42.5 Å². The van der Waals surface area contributed by atoms with Gasteiger partial charge in [0, 0.05) is 13.1 Å². The molecule has 0 aliphatic heterocycles. The average Bonchev–Trinajstić information content (AvgIpc) is 2.47. The van der Waals surface area contributed by atoms with E-state index in [0.29, 0.717) is 5.92 Å². The third-order valence-corrected chi connectivity index (χ3v) is 3.60. The highest BCUT2D eigenvalue weighted by atomic mass is 16.5. The van der Waals surface area contributed by atoms with Gasteiger partial charge in [-0.1, -0.05) is 55.8 Å². The maximum Gasteiger partial charge on any atom is 0.119 e. The van der Waals surface area contributed by atoms with E-state index in [1.807, 2.05) is 6.07 Å². The van der Waals surface area contributed by atoms with Crippen molar-refractivity contribution in [2.45, 2.75) is 40.3 Å². The normalized spacial score (nSPS) is 10.9. The van der Waals surface area contributed by atoms with E-state index >= 15 is 0 Å². The largest absolute Gasteiger partial charge is 0.494 e. The lowest BCUT2D eigenvalue weighted by molar-refractivity contribution is 0.289. The molecule has 2 nitrogen and oxygen atoms in total. The Hall–Kier alpha value is -1.80. The lowest BCUT2D eigenvalue weighted by Gasteiger charge is -2.10. The smallest absolute Gasteiger partial charge is 0.119 e. The van der Waals surface area contributed by atoms with E-state index in [2.05, 4.69) is 68.6 Å². The van der Waals surface area contributed by atoms with Crippen molar-refractivity contribution in [2.24, 2.45) is 5.92 Å². The molecule has 0 radical (unpaired) electrons. The van der Waals surface area contributed by atoms with Crippen LogP contribution in [0.2, 0.25) is 0 Å². The molecule has 0 unspecified atom stereocenters. The summed E-state index contributed by atoms with van der Waals surface area (Å²) < 4.78 is 5.81. The predicted octanol–water partition coefficient (Wildman–Crippen LogP) is 4.71. The Morgan fingerprint density at radius 1 is 0.955 bits per heavy atom. The molecule has 0 aliphatic carbocycles. The van der Waals surface area contributed by atoms with Gasteiger partial charge in [0.15, 0.2) is 0 Å². The maximum atomic E-state index is 5.81. The molecule has 0 fully saturated rings. The summed E-state index contributed by atoms with van der Waals surface area (Å²) in [4.78, 5) is 0. The summed E-state index contributed by atoms with van der Waals surface area (Å²) in [5.41, 5.74) is 3.89. The van der Waals surface area contributed by atoms with Crippen molar-refractivity contribution < 1.29 is 4.74 Å². The Kier molecular flexibility index (Phi) is 6.47. The molecule has 1 N–H and O–H groups in total. The molecule has 0 saturated heterocycles. The minimum absolute atomic E-state index is 0.680. The van der Waals surface area contributed by atoms with Crippen molar-refractivity contribution in [1.29, 1.82) is 0 Å². The van der Waals surface area contributed by atoms with E-state index in [-0.39, 0.29) is 0 Å². The molecule has 0 aromatic heterocycles. The molecule has 2 heteroatoms. The van der Waals surface area contributed by atoms with Gasteiger partial charge in [-0.2, -0.15) is 0 Å². The number of ether oxygens (including phenoxy) is 1. The molecule has 118 valence electrons. The van der Waals surface area contributed by atoms with Gasteiger partial charge in [0.2, 0.25) is 0 Å². The van der Waals surface area contributed by atoms with E-state index < -0.39 is 0 Å². The Morgan fingerprint density at radius 3 is 2.32 bits per heavy atom. The summed E-state index contributed by atoms with van der Waals surface area (Å²) in [6, 6.07) is 17.0. The minimum atomic E-state index is 0.680. The van der Waals surface area contributed by atoms with E-state index in [0.717, 1.165) is 31.9 Å². The fourth-order valence-corrected chi connectivity index (χ4v) is 2.33. The molecule has 0 aliphatic rings. The van der Waals surface area contributed by atoms with Crippen LogP contribution in [0.25, 0.3) is 0 Å². The zero-order chi connectivity index (χ0) is 15.8. The molecular formula is C20H27NO. The van der Waals surface area contributed by atoms with E-state index in [9.17, 15) is 0 Å². The highest BCUT2D eigenvalue weighted by molar-refractivity contribution is 5.28. The van der Waals surface area contributed by atoms with Crippen LogP contribution in [0.15, 0.2) is 48.5 Å². The first-order valence-electron chi connectivity index (χ1n) is 8.11. The molecule has 2 aromatic carbocycles. The molecule has 0 heterocycles. The second-order valence-electron chi connectivity index (χ2n) is 6.27. The number of aryl methyl sites for hydroxylation is 1. The number of nitrogens with one attached hydrogen (secondary N) is 1. The minimum Gasteiger partial charge on any atom is -0.494 e. The van der Waals surface area contributed by atoms with Crippen LogP contribution >= 0.6 is 0 Å². The molecule has 0 spiro atoms. The SMILES string of the molecule is Cc1cccc(CNCc2cccc(OCCC(C)C)c2)c1. The summed E-state index contributed by atoms with van der Waals surface area (Å²) >= 11 is 0. The van der Waals surface area contributed by atoms with E-state index in [4.69, 9.17) is 4.74 Å². The van der Waals surface area contributed by atoms with Crippen LogP contribution in [0.5, 0.6) is 5.75 Å². The van der Waals surface area contributed by atoms with Crippen LogP contribution in [0.1, 0.15) is 37.0 Å². The Balaban J connectivity index is 1.80. The van der Waals surface area contributed by atoms with Crippen LogP contribution in [0, 0.1) is 12.8 Å². The molecular weight excluding hydrogens is 270 g/mol. The van der Waals surface area contributed by atoms with Crippen molar-refractivity contribution in [3.8, 4) is 5.75 Å². The molecule has 22 heavy (non-hydrogen) atoms. The monoisotopic (exact) mass is 297 g/mol. The van der Waals surface area contributed by atoms with Crippen LogP contribution in [0.3, 0.4) is 0 Å². The van der Waals surface area contributed by atoms with Crippen molar-refractivity contribution in [1.82, 2.24) is 5.32 Å². The van der Waals surface area contributed by atoms with Gasteiger partial charge in [0.05, 0.1) is 6.61 Å². The molecule has 0 bridgehead atoms. The van der Waals surface area contributed by atoms with Crippen LogP contribution in [0.4, 0.5) is 0 Å². The number of rotatable bonds is 8. The van der Waals surface area contributed by atoms with Gasteiger partial charge in [-0.15, -0.1) is 0 Å². The molecule has 0 amide bonds. The molecule has 2 aromatic rings. The Bertz CT molecular complexity index is 577. The molecule has 0 saturated carbocycles. The van der Waals surface area contributed by atoms with Crippen molar-refractivity contribution >= 4 is 0 Å². The van der Waals surface area contributed by atoms with E-state index in [1.54, 1.807) is 0 Å². The van der Waals surface area contributed by atoms with Gasteiger partial charge < -0.3 is 10.1 Å². The zero-order valence-electron chi connectivity index (χ0n) is 13.9. The zero-order valence-corrected chi connectivity index (χ0v) is 13.9. The second-order valence-corrected chi connectivity index (χ2v) is 6.27. The van der Waals surface area contributed by atoms with Crippen molar-refractivity contribution in [3.05, 3.63) is 65.2 Å². The average molecular weight is 297 g/mol. The predicted molar refractivity (Wildman–Crippen MR) is 93.1 cm³/mol. The van der Waals surface area contributed by atoms with Crippen molar-refractivity contribution in [3.63, 3.8) is 0 Å². The first kappa shape index (κ1) is 16.6. The lowest BCUT2D eigenvalue weighted by atomic mass is 10.1. The van der Waals surface area contributed by atoms with Gasteiger partial charge in [0.25, 0.3) is 0 Å². The highest BCUT2D eigenvalue weighted by Gasteiger charge is 1.99. The topological polar surface area (TPSA) is 21.3 Å². The summed E-state index contributed by atoms with van der Waals surface area (Å²) in [5.74, 6) is 1.65. The third kappa shape index (κ3) is 5.90. The first-order chi connectivity index (χ1) is 10.6. The number of hydrogen-bond donors (Lipinski definition) is 1. The summed E-state index contributed by atoms with van der Waals surface area (Å²) in [6.45, 7) is 9.10. The number of benzene rings is 2. The first-order valence-corrected chi connectivity index (χ1v) is 8.11. The number of hydrogen-bond acceptors (Lipinski definition) is 2. The van der Waals surface area contributed by atoms with Gasteiger partial charge in [-0.3, -0.25) is 0 Å². The fourth-order valence-electron chi connectivity index (χ4n) is 2.33. The molecule has 0 atom stereocenters. The van der Waals surface area contributed by atoms with Crippen LogP contribution in [-0.2, 0) is 13.1 Å². The second kappa shape index (κ2) is 8.60. The Morgan fingerprint density at radius 2 is 1.64 bits per heavy atom. The summed E-state index contributed by atoms with van der Waals surface area (Å²) in [6.07, 6.45) is 1.09. The fraction of sp³-hybridized carbons (Fsp3) is 0.400. The molecule has 2 rings (SSSR count). The Labute approximate surface area is 134 Å². The van der Waals surface area contributed by atoms with Crippen LogP contribution < -0.4 is 10.1 Å².